The van der Waals surface area contributed by atoms with E-state index in [0.29, 0.717) is 29.6 Å². The largest absolute Gasteiger partial charge is 0.457 e. The van der Waals surface area contributed by atoms with E-state index < -0.39 is 0 Å². The number of halogens is 2. The van der Waals surface area contributed by atoms with Gasteiger partial charge in [0.1, 0.15) is 11.5 Å². The minimum absolute atomic E-state index is 0. The maximum Gasteiger partial charge on any atom is 0.251 e. The zero-order chi connectivity index (χ0) is 15.2. The summed E-state index contributed by atoms with van der Waals surface area (Å²) in [6.07, 6.45) is 5.63. The first-order chi connectivity index (χ1) is 10.8. The smallest absolute Gasteiger partial charge is 0.251 e. The van der Waals surface area contributed by atoms with Crippen LogP contribution in [0.1, 0.15) is 23.2 Å². The fraction of sp³-hybridized carbons (Fsp3) is 0.294. The van der Waals surface area contributed by atoms with Crippen molar-refractivity contribution in [1.29, 1.82) is 0 Å². The van der Waals surface area contributed by atoms with Crippen molar-refractivity contribution >= 4 is 30.7 Å². The molecule has 1 saturated heterocycles. The van der Waals surface area contributed by atoms with Crippen molar-refractivity contribution in [3.8, 4) is 11.5 Å². The van der Waals surface area contributed by atoms with Crippen LogP contribution < -0.4 is 15.4 Å². The first kappa shape index (κ1) is 20.2. The average Bonchev–Trinajstić information content (AvgIpc) is 3.07. The molecule has 1 aliphatic rings. The van der Waals surface area contributed by atoms with E-state index in [1.165, 1.54) is 6.42 Å². The number of hydrogen-bond acceptors (Lipinski definition) is 4. The van der Waals surface area contributed by atoms with Gasteiger partial charge in [0.05, 0.1) is 0 Å². The number of nitrogens with one attached hydrogen (secondary N) is 2. The van der Waals surface area contributed by atoms with E-state index in [0.717, 1.165) is 13.0 Å². The number of carbonyl (C=O) groups is 1. The fourth-order valence-corrected chi connectivity index (χ4v) is 2.49. The van der Waals surface area contributed by atoms with E-state index >= 15 is 0 Å². The number of nitrogens with zero attached hydrogens (tertiary/aromatic N) is 1. The Morgan fingerprint density at radius 1 is 1.21 bits per heavy atom. The molecule has 0 radical (unpaired) electrons. The molecule has 1 amide bonds. The van der Waals surface area contributed by atoms with E-state index in [4.69, 9.17) is 4.74 Å². The topological polar surface area (TPSA) is 63.2 Å². The second kappa shape index (κ2) is 10.1. The van der Waals surface area contributed by atoms with Crippen LogP contribution in [-0.4, -0.2) is 30.0 Å². The number of pyridine rings is 1. The second-order valence-corrected chi connectivity index (χ2v) is 5.32. The molecule has 1 unspecified atom stereocenters. The number of ether oxygens (including phenoxy) is 1. The maximum absolute atomic E-state index is 12.2. The van der Waals surface area contributed by atoms with E-state index in [-0.39, 0.29) is 30.7 Å². The van der Waals surface area contributed by atoms with Crippen LogP contribution >= 0.6 is 24.8 Å². The molecule has 2 aromatic rings. The lowest BCUT2D eigenvalue weighted by Gasteiger charge is -2.12. The Morgan fingerprint density at radius 3 is 2.71 bits per heavy atom. The molecular formula is C17H21Cl2N3O2. The summed E-state index contributed by atoms with van der Waals surface area (Å²) >= 11 is 0. The molecule has 7 heteroatoms. The maximum atomic E-state index is 12.2. The minimum Gasteiger partial charge on any atom is -0.457 e. The van der Waals surface area contributed by atoms with Gasteiger partial charge in [0.15, 0.2) is 0 Å². The molecule has 130 valence electrons. The summed E-state index contributed by atoms with van der Waals surface area (Å²) in [6.45, 7) is 1.70. The first-order valence-corrected chi connectivity index (χ1v) is 7.51. The predicted molar refractivity (Wildman–Crippen MR) is 98.6 cm³/mol. The monoisotopic (exact) mass is 369 g/mol. The molecule has 1 aliphatic heterocycles. The summed E-state index contributed by atoms with van der Waals surface area (Å²) in [5.74, 6) is 1.26. The molecule has 1 aromatic carbocycles. The third-order valence-corrected chi connectivity index (χ3v) is 3.65. The SMILES string of the molecule is Cl.Cl.O=C(NCC1CCCN1)c1cccc(Oc2ccncc2)c1. The van der Waals surface area contributed by atoms with Crippen LogP contribution in [0, 0.1) is 0 Å². The van der Waals surface area contributed by atoms with Crippen LogP contribution in [0.2, 0.25) is 0 Å². The zero-order valence-corrected chi connectivity index (χ0v) is 14.7. The molecule has 1 atom stereocenters. The fourth-order valence-electron chi connectivity index (χ4n) is 2.49. The molecule has 1 aromatic heterocycles. The van der Waals surface area contributed by atoms with Crippen molar-refractivity contribution in [3.63, 3.8) is 0 Å². The lowest BCUT2D eigenvalue weighted by molar-refractivity contribution is 0.0950. The number of hydrogen-bond donors (Lipinski definition) is 2. The molecule has 24 heavy (non-hydrogen) atoms. The number of amides is 1. The van der Waals surface area contributed by atoms with Gasteiger partial charge in [0.25, 0.3) is 5.91 Å². The van der Waals surface area contributed by atoms with Gasteiger partial charge in [-0.15, -0.1) is 24.8 Å². The summed E-state index contributed by atoms with van der Waals surface area (Å²) in [5, 5.41) is 6.33. The van der Waals surface area contributed by atoms with Crippen LogP contribution in [0.25, 0.3) is 0 Å². The van der Waals surface area contributed by atoms with Crippen molar-refractivity contribution in [1.82, 2.24) is 15.6 Å². The highest BCUT2D eigenvalue weighted by Crippen LogP contribution is 2.21. The van der Waals surface area contributed by atoms with Gasteiger partial charge in [-0.25, -0.2) is 0 Å². The summed E-state index contributed by atoms with van der Waals surface area (Å²) in [5.41, 5.74) is 0.601. The van der Waals surface area contributed by atoms with E-state index in [1.54, 1.807) is 36.7 Å². The van der Waals surface area contributed by atoms with Gasteiger partial charge in [-0.05, 0) is 49.7 Å². The first-order valence-electron chi connectivity index (χ1n) is 7.51. The van der Waals surface area contributed by atoms with E-state index in [1.807, 2.05) is 12.1 Å². The van der Waals surface area contributed by atoms with Gasteiger partial charge in [-0.2, -0.15) is 0 Å². The Kier molecular flexibility index (Phi) is 8.54. The molecule has 0 saturated carbocycles. The van der Waals surface area contributed by atoms with Crippen LogP contribution in [0.15, 0.2) is 48.8 Å². The molecule has 2 N–H and O–H groups in total. The summed E-state index contributed by atoms with van der Waals surface area (Å²) in [7, 11) is 0. The Hall–Kier alpha value is -1.82. The Labute approximate surface area is 154 Å². The predicted octanol–water partition coefficient (Wildman–Crippen LogP) is 3.20. The average molecular weight is 370 g/mol. The van der Waals surface area contributed by atoms with E-state index in [9.17, 15) is 4.79 Å². The van der Waals surface area contributed by atoms with Gasteiger partial charge in [0.2, 0.25) is 0 Å². The van der Waals surface area contributed by atoms with Gasteiger partial charge in [-0.3, -0.25) is 9.78 Å². The molecule has 1 fully saturated rings. The van der Waals surface area contributed by atoms with E-state index in [2.05, 4.69) is 15.6 Å². The molecule has 0 spiro atoms. The number of rotatable bonds is 5. The highest BCUT2D eigenvalue weighted by Gasteiger charge is 2.15. The van der Waals surface area contributed by atoms with Gasteiger partial charge in [0, 0.05) is 30.5 Å². The second-order valence-electron chi connectivity index (χ2n) is 5.32. The Balaban J connectivity index is 0.00000144. The molecule has 0 bridgehead atoms. The summed E-state index contributed by atoms with van der Waals surface area (Å²) in [4.78, 5) is 16.1. The number of aromatic nitrogens is 1. The van der Waals surface area contributed by atoms with Crippen molar-refractivity contribution < 1.29 is 9.53 Å². The molecule has 0 aliphatic carbocycles. The lowest BCUT2D eigenvalue weighted by atomic mass is 10.2. The third-order valence-electron chi connectivity index (χ3n) is 3.65. The van der Waals surface area contributed by atoms with Crippen molar-refractivity contribution in [2.24, 2.45) is 0 Å². The molecule has 3 rings (SSSR count). The highest BCUT2D eigenvalue weighted by atomic mass is 35.5. The van der Waals surface area contributed by atoms with Crippen LogP contribution in [0.4, 0.5) is 0 Å². The van der Waals surface area contributed by atoms with Crippen LogP contribution in [0.3, 0.4) is 0 Å². The standard InChI is InChI=1S/C17H19N3O2.2ClH/c21-17(20-12-14-4-2-8-19-14)13-3-1-5-16(11-13)22-15-6-9-18-10-7-15;;/h1,3,5-7,9-11,14,19H,2,4,8,12H2,(H,20,21);2*1H. The van der Waals surface area contributed by atoms with Crippen molar-refractivity contribution in [2.45, 2.75) is 18.9 Å². The normalized spacial score (nSPS) is 15.8. The zero-order valence-electron chi connectivity index (χ0n) is 13.1. The van der Waals surface area contributed by atoms with Gasteiger partial charge in [-0.1, -0.05) is 6.07 Å². The minimum atomic E-state index is -0.0751. The van der Waals surface area contributed by atoms with Crippen molar-refractivity contribution in [3.05, 3.63) is 54.4 Å². The van der Waals surface area contributed by atoms with Crippen LogP contribution in [0.5, 0.6) is 11.5 Å². The Bertz CT molecular complexity index is 635. The van der Waals surface area contributed by atoms with Gasteiger partial charge < -0.3 is 15.4 Å². The Morgan fingerprint density at radius 2 is 2.00 bits per heavy atom. The lowest BCUT2D eigenvalue weighted by Crippen LogP contribution is -2.37. The van der Waals surface area contributed by atoms with Gasteiger partial charge >= 0.3 is 0 Å². The summed E-state index contributed by atoms with van der Waals surface area (Å²) < 4.78 is 5.71. The molecule has 5 nitrogen and oxygen atoms in total. The summed E-state index contributed by atoms with van der Waals surface area (Å²) in [6, 6.07) is 11.1. The number of benzene rings is 1. The number of carbonyl (C=O) groups excluding carboxylic acids is 1. The molecule has 2 heterocycles. The molecular weight excluding hydrogens is 349 g/mol. The quantitative estimate of drug-likeness (QED) is 0.849. The highest BCUT2D eigenvalue weighted by molar-refractivity contribution is 5.94. The van der Waals surface area contributed by atoms with Crippen molar-refractivity contribution in [2.75, 3.05) is 13.1 Å². The third kappa shape index (κ3) is 5.67. The van der Waals surface area contributed by atoms with Crippen LogP contribution in [-0.2, 0) is 0 Å².